The summed E-state index contributed by atoms with van der Waals surface area (Å²) in [5.41, 5.74) is 13.7. The van der Waals surface area contributed by atoms with Gasteiger partial charge in [0.15, 0.2) is 0 Å². The highest BCUT2D eigenvalue weighted by Gasteiger charge is 2.28. The van der Waals surface area contributed by atoms with Gasteiger partial charge in [-0.15, -0.1) is 5.53 Å². The Hall–Kier alpha value is -4.34. The number of hydrogen-bond donors (Lipinski definition) is 6. The van der Waals surface area contributed by atoms with Gasteiger partial charge in [0.2, 0.25) is 0 Å². The van der Waals surface area contributed by atoms with Crippen LogP contribution in [0.15, 0.2) is 54.9 Å². The van der Waals surface area contributed by atoms with Gasteiger partial charge in [0, 0.05) is 48.2 Å². The third kappa shape index (κ3) is 4.87. The lowest BCUT2D eigenvalue weighted by atomic mass is 9.93. The number of hydrazine groups is 2. The molecule has 0 saturated heterocycles. The molecule has 6 N–H and O–H groups in total. The number of benzene rings is 2. The molecule has 0 radical (unpaired) electrons. The van der Waals surface area contributed by atoms with E-state index in [0.717, 1.165) is 44.9 Å². The molecule has 2 amide bonds. The number of carbonyl (C=O) groups is 2. The first-order chi connectivity index (χ1) is 18.0. The van der Waals surface area contributed by atoms with Gasteiger partial charge in [-0.05, 0) is 54.7 Å². The predicted molar refractivity (Wildman–Crippen MR) is 144 cm³/mol. The Morgan fingerprint density at radius 1 is 1.16 bits per heavy atom. The summed E-state index contributed by atoms with van der Waals surface area (Å²) < 4.78 is 0. The van der Waals surface area contributed by atoms with Gasteiger partial charge >= 0.3 is 0 Å². The molecule has 0 unspecified atom stereocenters. The highest BCUT2D eigenvalue weighted by atomic mass is 16.3. The molecule has 9 heteroatoms. The molecule has 0 atom stereocenters. The number of H-pyrrole nitrogens is 1. The fraction of sp³-hybridized carbons (Fsp3) is 0.214. The van der Waals surface area contributed by atoms with Crippen LogP contribution in [0.1, 0.15) is 38.4 Å². The summed E-state index contributed by atoms with van der Waals surface area (Å²) in [5, 5.41) is 17.1. The van der Waals surface area contributed by atoms with Crippen molar-refractivity contribution in [3.63, 3.8) is 0 Å². The van der Waals surface area contributed by atoms with Gasteiger partial charge in [-0.3, -0.25) is 14.6 Å². The second-order valence-corrected chi connectivity index (χ2v) is 9.10. The number of nitrogens with zero attached hydrogens (tertiary/aromatic N) is 1. The van der Waals surface area contributed by atoms with Crippen LogP contribution in [0.3, 0.4) is 0 Å². The quantitative estimate of drug-likeness (QED) is 0.266. The number of aliphatic hydroxyl groups is 1. The number of aromatic amines is 1. The van der Waals surface area contributed by atoms with E-state index in [2.05, 4.69) is 26.6 Å². The number of anilines is 1. The molecule has 3 heterocycles. The number of carbonyl (C=O) groups excluding carboxylic acids is 2. The van der Waals surface area contributed by atoms with E-state index in [0.29, 0.717) is 30.6 Å². The Balaban J connectivity index is 1.45. The first-order valence-electron chi connectivity index (χ1n) is 12.2. The van der Waals surface area contributed by atoms with Crippen LogP contribution in [0.25, 0.3) is 22.8 Å². The maximum atomic E-state index is 13.1. The number of aromatic nitrogens is 1. The lowest BCUT2D eigenvalue weighted by molar-refractivity contribution is -0.110. The monoisotopic (exact) mass is 498 g/mol. The van der Waals surface area contributed by atoms with Crippen molar-refractivity contribution >= 4 is 29.2 Å². The number of amides is 2. The molecule has 9 nitrogen and oxygen atoms in total. The van der Waals surface area contributed by atoms with Gasteiger partial charge in [-0.1, -0.05) is 36.4 Å². The van der Waals surface area contributed by atoms with Gasteiger partial charge in [0.25, 0.3) is 11.8 Å². The summed E-state index contributed by atoms with van der Waals surface area (Å²) in [4.78, 5) is 29.3. The minimum atomic E-state index is -0.189. The second-order valence-electron chi connectivity index (χ2n) is 9.10. The Kier molecular flexibility index (Phi) is 6.80. The maximum Gasteiger partial charge on any atom is 0.256 e. The van der Waals surface area contributed by atoms with Gasteiger partial charge in [0.1, 0.15) is 0 Å². The molecule has 37 heavy (non-hydrogen) atoms. The summed E-state index contributed by atoms with van der Waals surface area (Å²) in [6, 6.07) is 13.8. The number of aryl methyl sites for hydroxylation is 1. The van der Waals surface area contributed by atoms with E-state index >= 15 is 0 Å². The van der Waals surface area contributed by atoms with Crippen molar-refractivity contribution in [3.8, 4) is 11.1 Å². The highest BCUT2D eigenvalue weighted by molar-refractivity contribution is 6.36. The van der Waals surface area contributed by atoms with Gasteiger partial charge < -0.3 is 26.1 Å². The highest BCUT2D eigenvalue weighted by Crippen LogP contribution is 2.41. The largest absolute Gasteiger partial charge is 0.396 e. The van der Waals surface area contributed by atoms with Crippen LogP contribution in [0.4, 0.5) is 5.69 Å². The third-order valence-corrected chi connectivity index (χ3v) is 6.64. The fourth-order valence-corrected chi connectivity index (χ4v) is 4.85. The van der Waals surface area contributed by atoms with Gasteiger partial charge in [-0.25, -0.2) is 0 Å². The van der Waals surface area contributed by atoms with Crippen molar-refractivity contribution in [3.05, 3.63) is 88.5 Å². The van der Waals surface area contributed by atoms with Crippen molar-refractivity contribution in [2.45, 2.75) is 20.3 Å². The molecule has 0 saturated carbocycles. The van der Waals surface area contributed by atoms with Gasteiger partial charge in [-0.2, -0.15) is 0 Å². The van der Waals surface area contributed by atoms with E-state index in [-0.39, 0.29) is 18.4 Å². The summed E-state index contributed by atoms with van der Waals surface area (Å²) in [6.45, 7) is 4.89. The SMILES string of the molecule is Cc1[nH]c(/C=C2\C(=O)Nc3cccc(-c4cccc(CCO)c4)c32)c(C)c1C(=O)NCCN1C=CNN1. The Labute approximate surface area is 215 Å². The first kappa shape index (κ1) is 24.4. The molecular formula is C28H30N6O3. The topological polar surface area (TPSA) is 122 Å². The van der Waals surface area contributed by atoms with Crippen LogP contribution in [0.5, 0.6) is 0 Å². The number of aliphatic hydroxyl groups excluding tert-OH is 1. The average Bonchev–Trinajstić information content (AvgIpc) is 3.58. The van der Waals surface area contributed by atoms with E-state index in [9.17, 15) is 14.7 Å². The first-order valence-corrected chi connectivity index (χ1v) is 12.2. The van der Waals surface area contributed by atoms with Gasteiger partial charge in [0.05, 0.1) is 17.7 Å². The molecule has 5 rings (SSSR count). The molecule has 2 aromatic carbocycles. The van der Waals surface area contributed by atoms with Crippen LogP contribution in [-0.2, 0) is 11.2 Å². The zero-order valence-electron chi connectivity index (χ0n) is 20.8. The van der Waals surface area contributed by atoms with Crippen LogP contribution >= 0.6 is 0 Å². The Bertz CT molecular complexity index is 1420. The smallest absolute Gasteiger partial charge is 0.256 e. The predicted octanol–water partition coefficient (Wildman–Crippen LogP) is 2.85. The van der Waals surface area contributed by atoms with Crippen LogP contribution in [0.2, 0.25) is 0 Å². The van der Waals surface area contributed by atoms with E-state index in [1.807, 2.05) is 73.6 Å². The standard InChI is InChI=1S/C28H30N6O3/c1-17-24(31-18(2)25(17)28(37)29-10-12-34-13-11-30-33-34)16-22-26-21(7-4-8-23(26)32-27(22)36)20-6-3-5-19(15-20)9-14-35/h3-8,11,13,15-16,30-31,33,35H,9-10,12,14H2,1-2H3,(H,29,37)(H,32,36)/b22-16-. The van der Waals surface area contributed by atoms with E-state index < -0.39 is 0 Å². The summed E-state index contributed by atoms with van der Waals surface area (Å²) >= 11 is 0. The third-order valence-electron chi connectivity index (χ3n) is 6.64. The molecule has 3 aromatic rings. The summed E-state index contributed by atoms with van der Waals surface area (Å²) in [7, 11) is 0. The zero-order chi connectivity index (χ0) is 25.9. The van der Waals surface area contributed by atoms with Crippen LogP contribution in [0, 0.1) is 13.8 Å². The van der Waals surface area contributed by atoms with Crippen molar-refractivity contribution in [1.82, 2.24) is 26.3 Å². The normalized spacial score (nSPS) is 15.2. The lowest BCUT2D eigenvalue weighted by Gasteiger charge is -2.15. The molecule has 190 valence electrons. The van der Waals surface area contributed by atoms with Crippen LogP contribution in [-0.4, -0.2) is 46.6 Å². The molecule has 2 aliphatic heterocycles. The minimum Gasteiger partial charge on any atom is -0.396 e. The summed E-state index contributed by atoms with van der Waals surface area (Å²) in [6.07, 6.45) is 6.02. The van der Waals surface area contributed by atoms with Crippen molar-refractivity contribution in [2.75, 3.05) is 25.0 Å². The summed E-state index contributed by atoms with van der Waals surface area (Å²) in [5.74, 6) is -0.351. The van der Waals surface area contributed by atoms with Crippen molar-refractivity contribution in [2.24, 2.45) is 0 Å². The van der Waals surface area contributed by atoms with E-state index in [1.165, 1.54) is 0 Å². The Morgan fingerprint density at radius 3 is 2.78 bits per heavy atom. The zero-order valence-corrected chi connectivity index (χ0v) is 20.8. The molecule has 2 aliphatic rings. The number of nitrogens with one attached hydrogen (secondary N) is 5. The molecule has 0 spiro atoms. The maximum absolute atomic E-state index is 13.1. The number of rotatable bonds is 8. The lowest BCUT2D eigenvalue weighted by Crippen LogP contribution is -2.40. The average molecular weight is 499 g/mol. The van der Waals surface area contributed by atoms with Crippen molar-refractivity contribution in [1.29, 1.82) is 0 Å². The Morgan fingerprint density at radius 2 is 2.00 bits per heavy atom. The molecule has 1 aromatic heterocycles. The number of hydrogen-bond acceptors (Lipinski definition) is 6. The second kappa shape index (κ2) is 10.3. The molecule has 0 bridgehead atoms. The minimum absolute atomic E-state index is 0.0757. The number of fused-ring (bicyclic) bond motifs is 1. The van der Waals surface area contributed by atoms with Crippen molar-refractivity contribution < 1.29 is 14.7 Å². The molecule has 0 aliphatic carbocycles. The van der Waals surface area contributed by atoms with E-state index in [1.54, 1.807) is 6.20 Å². The fourth-order valence-electron chi connectivity index (χ4n) is 4.85. The molecular weight excluding hydrogens is 468 g/mol. The van der Waals surface area contributed by atoms with Crippen LogP contribution < -0.4 is 21.6 Å². The molecule has 0 fully saturated rings. The van der Waals surface area contributed by atoms with E-state index in [4.69, 9.17) is 0 Å².